The van der Waals surface area contributed by atoms with Crippen molar-refractivity contribution >= 4 is 0 Å². The lowest BCUT2D eigenvalue weighted by Gasteiger charge is -2.37. The molecule has 4 nitrogen and oxygen atoms in total. The Morgan fingerprint density at radius 1 is 1.12 bits per heavy atom. The van der Waals surface area contributed by atoms with Crippen molar-refractivity contribution in [3.05, 3.63) is 53.8 Å². The minimum atomic E-state index is -0.289. The first kappa shape index (κ1) is 16.5. The van der Waals surface area contributed by atoms with Crippen molar-refractivity contribution in [2.45, 2.75) is 31.7 Å². The summed E-state index contributed by atoms with van der Waals surface area (Å²) < 4.78 is 19.0. The SMILES string of the molecule is Fc1cccc(OC2=C[C]=C(N3CCCN(C4CCC4)CC3)NC2)c1. The molecule has 2 aliphatic heterocycles. The maximum Gasteiger partial charge on any atom is 0.129 e. The fourth-order valence-corrected chi connectivity index (χ4v) is 3.65. The third-order valence-corrected chi connectivity index (χ3v) is 5.28. The maximum atomic E-state index is 13.2. The normalized spacial score (nSPS) is 22.4. The van der Waals surface area contributed by atoms with Crippen molar-refractivity contribution in [2.75, 3.05) is 32.7 Å². The molecule has 1 radical (unpaired) electrons. The van der Waals surface area contributed by atoms with Crippen LogP contribution in [-0.4, -0.2) is 48.6 Å². The lowest BCUT2D eigenvalue weighted by Crippen LogP contribution is -2.43. The summed E-state index contributed by atoms with van der Waals surface area (Å²) in [5.41, 5.74) is 0. The van der Waals surface area contributed by atoms with E-state index in [1.54, 1.807) is 12.1 Å². The van der Waals surface area contributed by atoms with Crippen molar-refractivity contribution < 1.29 is 9.13 Å². The molecular formula is C20H25FN3O. The second kappa shape index (κ2) is 7.48. The third kappa shape index (κ3) is 3.98. The monoisotopic (exact) mass is 342 g/mol. The Hall–Kier alpha value is -2.01. The van der Waals surface area contributed by atoms with E-state index in [1.165, 1.54) is 44.4 Å². The first-order valence-corrected chi connectivity index (χ1v) is 9.27. The molecule has 2 fully saturated rings. The third-order valence-electron chi connectivity index (χ3n) is 5.28. The van der Waals surface area contributed by atoms with Gasteiger partial charge in [0, 0.05) is 44.4 Å². The Balaban J connectivity index is 1.35. The highest BCUT2D eigenvalue weighted by Crippen LogP contribution is 2.26. The quantitative estimate of drug-likeness (QED) is 0.911. The zero-order chi connectivity index (χ0) is 17.1. The molecule has 0 bridgehead atoms. The van der Waals surface area contributed by atoms with Crippen LogP contribution < -0.4 is 10.1 Å². The zero-order valence-corrected chi connectivity index (χ0v) is 14.5. The van der Waals surface area contributed by atoms with Gasteiger partial charge in [0.25, 0.3) is 0 Å². The van der Waals surface area contributed by atoms with Crippen LogP contribution in [0.25, 0.3) is 0 Å². The van der Waals surface area contributed by atoms with Gasteiger partial charge in [-0.1, -0.05) is 12.5 Å². The molecular weight excluding hydrogens is 317 g/mol. The number of rotatable bonds is 4. The number of hydrogen-bond acceptors (Lipinski definition) is 4. The Kier molecular flexibility index (Phi) is 4.92. The van der Waals surface area contributed by atoms with Crippen LogP contribution in [0, 0.1) is 11.9 Å². The van der Waals surface area contributed by atoms with Crippen molar-refractivity contribution in [1.29, 1.82) is 0 Å². The Bertz CT molecular complexity index is 669. The Morgan fingerprint density at radius 2 is 2.04 bits per heavy atom. The largest absolute Gasteiger partial charge is 0.460 e. The first-order chi connectivity index (χ1) is 12.3. The average molecular weight is 342 g/mol. The summed E-state index contributed by atoms with van der Waals surface area (Å²) in [4.78, 5) is 5.04. The smallest absolute Gasteiger partial charge is 0.129 e. The molecule has 2 heterocycles. The molecule has 0 unspecified atom stereocenters. The number of dihydropyridines is 1. The van der Waals surface area contributed by atoms with Crippen LogP contribution in [0.2, 0.25) is 0 Å². The van der Waals surface area contributed by atoms with Crippen LogP contribution in [0.15, 0.2) is 41.9 Å². The minimum Gasteiger partial charge on any atom is -0.460 e. The van der Waals surface area contributed by atoms with Crippen molar-refractivity contribution in [3.8, 4) is 5.75 Å². The van der Waals surface area contributed by atoms with E-state index in [1.807, 2.05) is 6.08 Å². The summed E-state index contributed by atoms with van der Waals surface area (Å²) in [5, 5.41) is 3.40. The fourth-order valence-electron chi connectivity index (χ4n) is 3.65. The summed E-state index contributed by atoms with van der Waals surface area (Å²) in [7, 11) is 0. The summed E-state index contributed by atoms with van der Waals surface area (Å²) in [6, 6.07) is 7.04. The van der Waals surface area contributed by atoms with Crippen LogP contribution in [0.4, 0.5) is 4.39 Å². The van der Waals surface area contributed by atoms with Gasteiger partial charge >= 0.3 is 0 Å². The van der Waals surface area contributed by atoms with Crippen molar-refractivity contribution in [2.24, 2.45) is 0 Å². The highest BCUT2D eigenvalue weighted by molar-refractivity contribution is 5.26. The number of benzene rings is 1. The van der Waals surface area contributed by atoms with E-state index in [9.17, 15) is 4.39 Å². The minimum absolute atomic E-state index is 0.289. The topological polar surface area (TPSA) is 27.7 Å². The molecule has 1 saturated heterocycles. The van der Waals surface area contributed by atoms with E-state index >= 15 is 0 Å². The predicted octanol–water partition coefficient (Wildman–Crippen LogP) is 2.90. The maximum absolute atomic E-state index is 13.2. The van der Waals surface area contributed by atoms with Gasteiger partial charge in [-0.25, -0.2) is 4.39 Å². The fraction of sp³-hybridized carbons (Fsp3) is 0.500. The van der Waals surface area contributed by atoms with Gasteiger partial charge in [0.05, 0.1) is 6.54 Å². The second-order valence-corrected chi connectivity index (χ2v) is 6.98. The van der Waals surface area contributed by atoms with Gasteiger partial charge in [-0.2, -0.15) is 0 Å². The summed E-state index contributed by atoms with van der Waals surface area (Å²) in [6.07, 6.45) is 10.5. The van der Waals surface area contributed by atoms with Gasteiger partial charge in [-0.05, 0) is 37.5 Å². The van der Waals surface area contributed by atoms with Crippen LogP contribution >= 0.6 is 0 Å². The van der Waals surface area contributed by atoms with E-state index in [0.717, 1.165) is 37.3 Å². The van der Waals surface area contributed by atoms with Gasteiger partial charge in [-0.3, -0.25) is 4.90 Å². The summed E-state index contributed by atoms with van der Waals surface area (Å²) >= 11 is 0. The Labute approximate surface area is 148 Å². The molecule has 0 aromatic heterocycles. The van der Waals surface area contributed by atoms with E-state index in [-0.39, 0.29) is 5.82 Å². The lowest BCUT2D eigenvalue weighted by molar-refractivity contribution is 0.132. The van der Waals surface area contributed by atoms with E-state index in [4.69, 9.17) is 4.74 Å². The molecule has 4 rings (SSSR count). The number of allylic oxidation sites excluding steroid dienone is 2. The molecule has 133 valence electrons. The van der Waals surface area contributed by atoms with Gasteiger partial charge < -0.3 is 15.0 Å². The number of hydrogen-bond donors (Lipinski definition) is 1. The van der Waals surface area contributed by atoms with E-state index in [0.29, 0.717) is 12.3 Å². The van der Waals surface area contributed by atoms with Gasteiger partial charge in [-0.15, -0.1) is 0 Å². The molecule has 0 atom stereocenters. The standard InChI is InChI=1S/C20H25FN3O/c21-16-4-1-7-18(14-16)25-19-8-9-20(22-15-19)24-11-3-10-23(12-13-24)17-5-2-6-17/h1,4,7-8,14,17,22H,2-3,5-6,10-13,15H2. The molecule has 1 saturated carbocycles. The summed E-state index contributed by atoms with van der Waals surface area (Å²) in [5.74, 6) is 2.02. The average Bonchev–Trinajstić information content (AvgIpc) is 2.80. The molecule has 3 aliphatic rings. The molecule has 5 heteroatoms. The van der Waals surface area contributed by atoms with Crippen molar-refractivity contribution in [3.63, 3.8) is 0 Å². The second-order valence-electron chi connectivity index (χ2n) is 6.98. The first-order valence-electron chi connectivity index (χ1n) is 9.27. The van der Waals surface area contributed by atoms with Crippen LogP contribution in [0.5, 0.6) is 5.75 Å². The van der Waals surface area contributed by atoms with E-state index in [2.05, 4.69) is 21.2 Å². The lowest BCUT2D eigenvalue weighted by atomic mass is 9.91. The molecule has 0 spiro atoms. The Morgan fingerprint density at radius 3 is 2.76 bits per heavy atom. The highest BCUT2D eigenvalue weighted by atomic mass is 19.1. The number of nitrogens with zero attached hydrogens (tertiary/aromatic N) is 2. The van der Waals surface area contributed by atoms with Crippen molar-refractivity contribution in [1.82, 2.24) is 15.1 Å². The molecule has 0 amide bonds. The molecule has 1 aromatic rings. The summed E-state index contributed by atoms with van der Waals surface area (Å²) in [6.45, 7) is 5.04. The molecule has 1 aromatic carbocycles. The zero-order valence-electron chi connectivity index (χ0n) is 14.5. The van der Waals surface area contributed by atoms with E-state index < -0.39 is 0 Å². The molecule has 25 heavy (non-hydrogen) atoms. The highest BCUT2D eigenvalue weighted by Gasteiger charge is 2.27. The van der Waals surface area contributed by atoms with Crippen LogP contribution in [0.3, 0.4) is 0 Å². The van der Waals surface area contributed by atoms with Gasteiger partial charge in [0.2, 0.25) is 0 Å². The van der Waals surface area contributed by atoms with Crippen LogP contribution in [0.1, 0.15) is 25.7 Å². The number of nitrogens with one attached hydrogen (secondary N) is 1. The number of halogens is 1. The van der Waals surface area contributed by atoms with Gasteiger partial charge in [0.15, 0.2) is 0 Å². The number of ether oxygens (including phenoxy) is 1. The predicted molar refractivity (Wildman–Crippen MR) is 95.3 cm³/mol. The molecule has 1 aliphatic carbocycles. The van der Waals surface area contributed by atoms with Gasteiger partial charge in [0.1, 0.15) is 23.1 Å². The molecule has 1 N–H and O–H groups in total. The van der Waals surface area contributed by atoms with Crippen LogP contribution in [-0.2, 0) is 0 Å².